The van der Waals surface area contributed by atoms with Crippen LogP contribution in [0.1, 0.15) is 33.6 Å². The monoisotopic (exact) mass is 257 g/mol. The van der Waals surface area contributed by atoms with E-state index in [2.05, 4.69) is 24.5 Å². The molecular formula is C13H27N3O2. The Bertz CT molecular complexity index is 265. The minimum absolute atomic E-state index is 0.00653. The molecule has 1 unspecified atom stereocenters. The first-order valence-corrected chi connectivity index (χ1v) is 6.55. The van der Waals surface area contributed by atoms with Crippen molar-refractivity contribution in [3.63, 3.8) is 0 Å². The van der Waals surface area contributed by atoms with Crippen LogP contribution in [0.2, 0.25) is 0 Å². The molecule has 0 heterocycles. The van der Waals surface area contributed by atoms with Gasteiger partial charge in [0, 0.05) is 33.6 Å². The molecule has 0 radical (unpaired) electrons. The number of nitrogens with zero attached hydrogens (tertiary/aromatic N) is 1. The van der Waals surface area contributed by atoms with Crippen LogP contribution < -0.4 is 10.6 Å². The average molecular weight is 257 g/mol. The Morgan fingerprint density at radius 3 is 2.22 bits per heavy atom. The highest BCUT2D eigenvalue weighted by Crippen LogP contribution is 1.96. The predicted molar refractivity (Wildman–Crippen MR) is 73.2 cm³/mol. The highest BCUT2D eigenvalue weighted by atomic mass is 16.2. The molecule has 0 saturated carbocycles. The maximum Gasteiger partial charge on any atom is 0.236 e. The second-order valence-corrected chi connectivity index (χ2v) is 5.19. The quantitative estimate of drug-likeness (QED) is 0.669. The number of rotatable bonds is 8. The first-order chi connectivity index (χ1) is 8.34. The summed E-state index contributed by atoms with van der Waals surface area (Å²) in [7, 11) is 3.45. The number of hydrogen-bond acceptors (Lipinski definition) is 3. The summed E-state index contributed by atoms with van der Waals surface area (Å²) >= 11 is 0. The van der Waals surface area contributed by atoms with Crippen LogP contribution in [0.15, 0.2) is 0 Å². The summed E-state index contributed by atoms with van der Waals surface area (Å²) in [4.78, 5) is 24.5. The summed E-state index contributed by atoms with van der Waals surface area (Å²) in [5.74, 6) is 0.647. The maximum atomic E-state index is 11.7. The molecule has 2 amide bonds. The van der Waals surface area contributed by atoms with Crippen LogP contribution in [0.5, 0.6) is 0 Å². The number of hydrogen-bond donors (Lipinski definition) is 2. The van der Waals surface area contributed by atoms with Gasteiger partial charge >= 0.3 is 0 Å². The van der Waals surface area contributed by atoms with E-state index in [0.29, 0.717) is 25.4 Å². The molecule has 5 heteroatoms. The van der Waals surface area contributed by atoms with Crippen molar-refractivity contribution in [2.45, 2.75) is 39.7 Å². The zero-order chi connectivity index (χ0) is 14.1. The van der Waals surface area contributed by atoms with Crippen molar-refractivity contribution in [2.24, 2.45) is 5.92 Å². The van der Waals surface area contributed by atoms with Crippen molar-refractivity contribution in [1.82, 2.24) is 15.5 Å². The van der Waals surface area contributed by atoms with Crippen molar-refractivity contribution in [1.29, 1.82) is 0 Å². The first-order valence-electron chi connectivity index (χ1n) is 6.55. The Balaban J connectivity index is 3.71. The molecule has 1 atom stereocenters. The number of nitrogens with one attached hydrogen (secondary N) is 2. The van der Waals surface area contributed by atoms with Crippen LogP contribution in [0.3, 0.4) is 0 Å². The lowest BCUT2D eigenvalue weighted by Crippen LogP contribution is -2.43. The van der Waals surface area contributed by atoms with Gasteiger partial charge in [0.25, 0.3) is 0 Å². The molecule has 0 fully saturated rings. The van der Waals surface area contributed by atoms with Gasteiger partial charge in [-0.15, -0.1) is 0 Å². The van der Waals surface area contributed by atoms with Crippen LogP contribution in [0, 0.1) is 5.92 Å². The van der Waals surface area contributed by atoms with E-state index in [1.807, 2.05) is 6.92 Å². The molecule has 2 N–H and O–H groups in total. The molecule has 18 heavy (non-hydrogen) atoms. The number of amides is 2. The Kier molecular flexibility index (Phi) is 8.37. The SMILES string of the molecule is CC(C)CCNC(=O)C(C)NCCC(=O)N(C)C. The minimum atomic E-state index is -0.257. The second kappa shape index (κ2) is 8.91. The molecule has 0 aliphatic heterocycles. The van der Waals surface area contributed by atoms with E-state index >= 15 is 0 Å². The van der Waals surface area contributed by atoms with Crippen molar-refractivity contribution >= 4 is 11.8 Å². The summed E-state index contributed by atoms with van der Waals surface area (Å²) in [6, 6.07) is -0.257. The third kappa shape index (κ3) is 8.06. The largest absolute Gasteiger partial charge is 0.355 e. The molecule has 0 saturated heterocycles. The fourth-order valence-corrected chi connectivity index (χ4v) is 1.35. The van der Waals surface area contributed by atoms with Crippen LogP contribution in [-0.4, -0.2) is 49.9 Å². The summed E-state index contributed by atoms with van der Waals surface area (Å²) in [6.45, 7) is 7.29. The van der Waals surface area contributed by atoms with Gasteiger partial charge < -0.3 is 15.5 Å². The molecular weight excluding hydrogens is 230 g/mol. The van der Waals surface area contributed by atoms with E-state index in [1.54, 1.807) is 19.0 Å². The summed E-state index contributed by atoms with van der Waals surface area (Å²) in [5, 5.41) is 5.92. The van der Waals surface area contributed by atoms with E-state index in [9.17, 15) is 9.59 Å². The van der Waals surface area contributed by atoms with E-state index in [1.165, 1.54) is 0 Å². The van der Waals surface area contributed by atoms with Crippen molar-refractivity contribution in [3.8, 4) is 0 Å². The van der Waals surface area contributed by atoms with Crippen LogP contribution in [0.4, 0.5) is 0 Å². The fourth-order valence-electron chi connectivity index (χ4n) is 1.35. The highest BCUT2D eigenvalue weighted by molar-refractivity contribution is 5.81. The normalized spacial score (nSPS) is 12.3. The molecule has 0 spiro atoms. The zero-order valence-electron chi connectivity index (χ0n) is 12.2. The van der Waals surface area contributed by atoms with Gasteiger partial charge in [0.2, 0.25) is 11.8 Å². The van der Waals surface area contributed by atoms with E-state index in [4.69, 9.17) is 0 Å². The van der Waals surface area contributed by atoms with Gasteiger partial charge in [-0.3, -0.25) is 9.59 Å². The smallest absolute Gasteiger partial charge is 0.236 e. The zero-order valence-corrected chi connectivity index (χ0v) is 12.2. The summed E-state index contributed by atoms with van der Waals surface area (Å²) in [5.41, 5.74) is 0. The van der Waals surface area contributed by atoms with E-state index < -0.39 is 0 Å². The van der Waals surface area contributed by atoms with Crippen molar-refractivity contribution in [3.05, 3.63) is 0 Å². The predicted octanol–water partition coefficient (Wildman–Crippen LogP) is 0.605. The van der Waals surface area contributed by atoms with Crippen LogP contribution in [-0.2, 0) is 9.59 Å². The van der Waals surface area contributed by atoms with E-state index in [-0.39, 0.29) is 17.9 Å². The molecule has 0 aromatic carbocycles. The minimum Gasteiger partial charge on any atom is -0.355 e. The van der Waals surface area contributed by atoms with Gasteiger partial charge in [0.1, 0.15) is 0 Å². The molecule has 0 aromatic rings. The van der Waals surface area contributed by atoms with E-state index in [0.717, 1.165) is 6.42 Å². The lowest BCUT2D eigenvalue weighted by Gasteiger charge is -2.15. The van der Waals surface area contributed by atoms with Gasteiger partial charge in [-0.25, -0.2) is 0 Å². The van der Waals surface area contributed by atoms with Crippen molar-refractivity contribution in [2.75, 3.05) is 27.2 Å². The lowest BCUT2D eigenvalue weighted by molar-refractivity contribution is -0.129. The first kappa shape index (κ1) is 16.9. The van der Waals surface area contributed by atoms with Gasteiger partial charge in [0.15, 0.2) is 0 Å². The molecule has 0 rings (SSSR count). The maximum absolute atomic E-state index is 11.7. The molecule has 0 aromatic heterocycles. The van der Waals surface area contributed by atoms with Gasteiger partial charge in [-0.1, -0.05) is 13.8 Å². The molecule has 0 aliphatic carbocycles. The molecule has 0 bridgehead atoms. The lowest BCUT2D eigenvalue weighted by atomic mass is 10.1. The van der Waals surface area contributed by atoms with Gasteiger partial charge in [0.05, 0.1) is 6.04 Å². The fraction of sp³-hybridized carbons (Fsp3) is 0.846. The average Bonchev–Trinajstić information content (AvgIpc) is 2.27. The van der Waals surface area contributed by atoms with Gasteiger partial charge in [-0.05, 0) is 19.3 Å². The molecule has 106 valence electrons. The third-order valence-corrected chi connectivity index (χ3v) is 2.70. The van der Waals surface area contributed by atoms with Crippen molar-refractivity contribution < 1.29 is 9.59 Å². The Hall–Kier alpha value is -1.10. The number of carbonyl (C=O) groups is 2. The van der Waals surface area contributed by atoms with Gasteiger partial charge in [-0.2, -0.15) is 0 Å². The Morgan fingerprint density at radius 1 is 1.11 bits per heavy atom. The Labute approximate surface area is 110 Å². The Morgan fingerprint density at radius 2 is 1.72 bits per heavy atom. The molecule has 5 nitrogen and oxygen atoms in total. The highest BCUT2D eigenvalue weighted by Gasteiger charge is 2.12. The van der Waals surface area contributed by atoms with Crippen LogP contribution >= 0.6 is 0 Å². The second-order valence-electron chi connectivity index (χ2n) is 5.19. The third-order valence-electron chi connectivity index (χ3n) is 2.70. The standard InChI is InChI=1S/C13H27N3O2/c1-10(2)6-8-15-13(18)11(3)14-9-7-12(17)16(4)5/h10-11,14H,6-9H2,1-5H3,(H,15,18). The summed E-state index contributed by atoms with van der Waals surface area (Å²) in [6.07, 6.45) is 1.40. The molecule has 0 aliphatic rings. The number of carbonyl (C=O) groups excluding carboxylic acids is 2. The van der Waals surface area contributed by atoms with Crippen LogP contribution in [0.25, 0.3) is 0 Å². The summed E-state index contributed by atoms with van der Waals surface area (Å²) < 4.78 is 0. The topological polar surface area (TPSA) is 61.4 Å².